The van der Waals surface area contributed by atoms with Gasteiger partial charge in [0.05, 0.1) is 33.0 Å². The zero-order valence-corrected chi connectivity index (χ0v) is 12.8. The van der Waals surface area contributed by atoms with Crippen LogP contribution < -0.4 is 0 Å². The SMILES string of the molecule is CCOC(C)(OCCN1CCOCC1)N1CCOCC1. The van der Waals surface area contributed by atoms with E-state index < -0.39 is 5.91 Å². The van der Waals surface area contributed by atoms with Crippen LogP contribution in [0.5, 0.6) is 0 Å². The van der Waals surface area contributed by atoms with E-state index in [9.17, 15) is 0 Å². The van der Waals surface area contributed by atoms with Gasteiger partial charge in [-0.25, -0.2) is 4.90 Å². The summed E-state index contributed by atoms with van der Waals surface area (Å²) in [5.41, 5.74) is 0. The van der Waals surface area contributed by atoms with Crippen molar-refractivity contribution in [3.63, 3.8) is 0 Å². The molecular weight excluding hydrogens is 260 g/mol. The Hall–Kier alpha value is -0.240. The van der Waals surface area contributed by atoms with Crippen LogP contribution >= 0.6 is 0 Å². The summed E-state index contributed by atoms with van der Waals surface area (Å²) in [7, 11) is 0. The smallest absolute Gasteiger partial charge is 0.227 e. The third-order valence-corrected chi connectivity index (χ3v) is 3.88. The van der Waals surface area contributed by atoms with Gasteiger partial charge >= 0.3 is 0 Å². The second-order valence-electron chi connectivity index (χ2n) is 5.23. The molecule has 0 saturated carbocycles. The molecule has 1 unspecified atom stereocenters. The summed E-state index contributed by atoms with van der Waals surface area (Å²) >= 11 is 0. The highest BCUT2D eigenvalue weighted by molar-refractivity contribution is 4.71. The lowest BCUT2D eigenvalue weighted by Crippen LogP contribution is -2.55. The van der Waals surface area contributed by atoms with Crippen molar-refractivity contribution >= 4 is 0 Å². The molecule has 118 valence electrons. The van der Waals surface area contributed by atoms with Gasteiger partial charge in [-0.3, -0.25) is 4.90 Å². The van der Waals surface area contributed by atoms with Crippen molar-refractivity contribution in [3.8, 4) is 0 Å². The van der Waals surface area contributed by atoms with Crippen LogP contribution in [0.15, 0.2) is 0 Å². The van der Waals surface area contributed by atoms with E-state index in [-0.39, 0.29) is 0 Å². The first-order valence-corrected chi connectivity index (χ1v) is 7.65. The number of ether oxygens (including phenoxy) is 4. The molecule has 0 aromatic carbocycles. The van der Waals surface area contributed by atoms with Gasteiger partial charge < -0.3 is 18.9 Å². The van der Waals surface area contributed by atoms with Crippen molar-refractivity contribution in [2.75, 3.05) is 72.4 Å². The van der Waals surface area contributed by atoms with Crippen LogP contribution in [0.25, 0.3) is 0 Å². The maximum Gasteiger partial charge on any atom is 0.227 e. The maximum atomic E-state index is 6.08. The fourth-order valence-corrected chi connectivity index (χ4v) is 2.65. The molecule has 0 N–H and O–H groups in total. The Balaban J connectivity index is 1.77. The van der Waals surface area contributed by atoms with Gasteiger partial charge in [0.25, 0.3) is 0 Å². The van der Waals surface area contributed by atoms with E-state index >= 15 is 0 Å². The van der Waals surface area contributed by atoms with Crippen LogP contribution in [0.3, 0.4) is 0 Å². The van der Waals surface area contributed by atoms with Crippen molar-refractivity contribution < 1.29 is 18.9 Å². The van der Waals surface area contributed by atoms with Crippen LogP contribution in [-0.2, 0) is 18.9 Å². The zero-order chi connectivity index (χ0) is 14.3. The summed E-state index contributed by atoms with van der Waals surface area (Å²) in [5, 5.41) is 0. The van der Waals surface area contributed by atoms with Crippen LogP contribution in [0.2, 0.25) is 0 Å². The molecule has 2 heterocycles. The lowest BCUT2D eigenvalue weighted by Gasteiger charge is -2.42. The van der Waals surface area contributed by atoms with E-state index in [2.05, 4.69) is 9.80 Å². The molecule has 0 bridgehead atoms. The van der Waals surface area contributed by atoms with Crippen LogP contribution in [0, 0.1) is 0 Å². The van der Waals surface area contributed by atoms with Gasteiger partial charge in [0.15, 0.2) is 0 Å². The highest BCUT2D eigenvalue weighted by atomic mass is 16.7. The first-order chi connectivity index (χ1) is 9.74. The third-order valence-electron chi connectivity index (χ3n) is 3.88. The summed E-state index contributed by atoms with van der Waals surface area (Å²) in [6.07, 6.45) is 0. The van der Waals surface area contributed by atoms with Crippen molar-refractivity contribution in [2.24, 2.45) is 0 Å². The predicted molar refractivity (Wildman–Crippen MR) is 75.6 cm³/mol. The highest BCUT2D eigenvalue weighted by Gasteiger charge is 2.34. The molecule has 2 aliphatic heterocycles. The first kappa shape index (κ1) is 16.1. The molecule has 0 aromatic heterocycles. The largest absolute Gasteiger partial charge is 0.379 e. The van der Waals surface area contributed by atoms with Crippen molar-refractivity contribution in [1.29, 1.82) is 0 Å². The first-order valence-electron chi connectivity index (χ1n) is 7.65. The minimum atomic E-state index is -0.634. The van der Waals surface area contributed by atoms with E-state index in [0.29, 0.717) is 13.2 Å². The highest BCUT2D eigenvalue weighted by Crippen LogP contribution is 2.20. The average Bonchev–Trinajstić information content (AvgIpc) is 2.49. The van der Waals surface area contributed by atoms with E-state index in [4.69, 9.17) is 18.9 Å². The number of rotatable bonds is 7. The summed E-state index contributed by atoms with van der Waals surface area (Å²) in [4.78, 5) is 4.59. The molecule has 0 spiro atoms. The molecule has 2 aliphatic rings. The van der Waals surface area contributed by atoms with Crippen molar-refractivity contribution in [2.45, 2.75) is 19.8 Å². The van der Waals surface area contributed by atoms with E-state index in [0.717, 1.165) is 59.2 Å². The fourth-order valence-electron chi connectivity index (χ4n) is 2.65. The van der Waals surface area contributed by atoms with E-state index in [1.807, 2.05) is 13.8 Å². The maximum absolute atomic E-state index is 6.08. The Morgan fingerprint density at radius 2 is 1.55 bits per heavy atom. The second-order valence-corrected chi connectivity index (χ2v) is 5.23. The molecule has 0 aromatic rings. The second kappa shape index (κ2) is 8.26. The summed E-state index contributed by atoms with van der Waals surface area (Å²) < 4.78 is 22.7. The van der Waals surface area contributed by atoms with Crippen LogP contribution in [-0.4, -0.2) is 88.1 Å². The summed E-state index contributed by atoms with van der Waals surface area (Å²) in [6, 6.07) is 0. The summed E-state index contributed by atoms with van der Waals surface area (Å²) in [6.45, 7) is 13.1. The van der Waals surface area contributed by atoms with Gasteiger partial charge in [-0.15, -0.1) is 0 Å². The quantitative estimate of drug-likeness (QED) is 0.631. The Morgan fingerprint density at radius 3 is 2.15 bits per heavy atom. The van der Waals surface area contributed by atoms with Crippen LogP contribution in [0.4, 0.5) is 0 Å². The van der Waals surface area contributed by atoms with E-state index in [1.165, 1.54) is 0 Å². The molecule has 6 heteroatoms. The number of morpholine rings is 2. The number of nitrogens with zero attached hydrogens (tertiary/aromatic N) is 2. The predicted octanol–water partition coefficient (Wildman–Crippen LogP) is 0.378. The van der Waals surface area contributed by atoms with Gasteiger partial charge in [-0.2, -0.15) is 0 Å². The van der Waals surface area contributed by atoms with Gasteiger partial charge in [0.1, 0.15) is 0 Å². The Kier molecular flexibility index (Phi) is 6.67. The molecule has 2 fully saturated rings. The zero-order valence-electron chi connectivity index (χ0n) is 12.8. The monoisotopic (exact) mass is 288 g/mol. The Labute approximate surface area is 121 Å². The van der Waals surface area contributed by atoms with Crippen molar-refractivity contribution in [1.82, 2.24) is 9.80 Å². The molecule has 1 atom stereocenters. The van der Waals surface area contributed by atoms with Crippen molar-refractivity contribution in [3.05, 3.63) is 0 Å². The fraction of sp³-hybridized carbons (Fsp3) is 1.00. The van der Waals surface area contributed by atoms with Crippen LogP contribution in [0.1, 0.15) is 13.8 Å². The average molecular weight is 288 g/mol. The number of hydrogen-bond donors (Lipinski definition) is 0. The molecule has 2 saturated heterocycles. The molecule has 6 nitrogen and oxygen atoms in total. The van der Waals surface area contributed by atoms with Gasteiger partial charge in [0.2, 0.25) is 5.91 Å². The van der Waals surface area contributed by atoms with Gasteiger partial charge in [-0.05, 0) is 6.92 Å². The standard InChI is InChI=1S/C14H28N2O4/c1-3-19-14(2,16-7-11-18-12-8-16)20-13-6-15-4-9-17-10-5-15/h3-13H2,1-2H3. The normalized spacial score (nSPS) is 25.5. The topological polar surface area (TPSA) is 43.4 Å². The Bertz CT molecular complexity index is 268. The lowest BCUT2D eigenvalue weighted by atomic mass is 10.3. The third kappa shape index (κ3) is 4.65. The molecule has 2 rings (SSSR count). The van der Waals surface area contributed by atoms with Gasteiger partial charge in [0, 0.05) is 46.3 Å². The molecular formula is C14H28N2O4. The molecule has 20 heavy (non-hydrogen) atoms. The van der Waals surface area contributed by atoms with E-state index in [1.54, 1.807) is 0 Å². The minimum Gasteiger partial charge on any atom is -0.379 e. The minimum absolute atomic E-state index is 0.634. The van der Waals surface area contributed by atoms with Gasteiger partial charge in [-0.1, -0.05) is 0 Å². The Morgan fingerprint density at radius 1 is 0.950 bits per heavy atom. The summed E-state index contributed by atoms with van der Waals surface area (Å²) in [5.74, 6) is -0.634. The molecule has 0 radical (unpaired) electrons. The molecule has 0 amide bonds. The lowest BCUT2D eigenvalue weighted by molar-refractivity contribution is -0.315. The molecule has 0 aliphatic carbocycles. The number of hydrogen-bond acceptors (Lipinski definition) is 6.